The van der Waals surface area contributed by atoms with E-state index in [9.17, 15) is 5.11 Å². The predicted octanol–water partition coefficient (Wildman–Crippen LogP) is 3.11. The van der Waals surface area contributed by atoms with Crippen LogP contribution < -0.4 is 0 Å². The summed E-state index contributed by atoms with van der Waals surface area (Å²) < 4.78 is 6.50. The van der Waals surface area contributed by atoms with Crippen LogP contribution in [0.1, 0.15) is 11.9 Å². The highest BCUT2D eigenvalue weighted by Gasteiger charge is 2.14. The van der Waals surface area contributed by atoms with Gasteiger partial charge in [-0.05, 0) is 24.3 Å². The van der Waals surface area contributed by atoms with Crippen LogP contribution in [0.15, 0.2) is 40.8 Å². The van der Waals surface area contributed by atoms with Gasteiger partial charge in [-0.1, -0.05) is 12.1 Å². The second-order valence-corrected chi connectivity index (χ2v) is 4.75. The molecule has 1 aromatic carbocycles. The maximum Gasteiger partial charge on any atom is 0.198 e. The maximum absolute atomic E-state index is 9.36. The number of nitrogens with zero attached hydrogens (tertiary/aromatic N) is 2. The van der Waals surface area contributed by atoms with E-state index in [-0.39, 0.29) is 5.76 Å². The number of para-hydroxylation sites is 1. The number of hydrogen-bond donors (Lipinski definition) is 1. The lowest BCUT2D eigenvalue weighted by Crippen LogP contribution is -1.88. The summed E-state index contributed by atoms with van der Waals surface area (Å²) in [4.78, 5) is 4.44. The molecular weight excluding hydrogens is 248 g/mol. The van der Waals surface area contributed by atoms with Gasteiger partial charge >= 0.3 is 0 Å². The summed E-state index contributed by atoms with van der Waals surface area (Å²) in [7, 11) is 0. The first-order chi connectivity index (χ1) is 8.78. The number of hydrogen-bond acceptors (Lipinski definition) is 5. The van der Waals surface area contributed by atoms with Gasteiger partial charge in [0, 0.05) is 0 Å². The smallest absolute Gasteiger partial charge is 0.198 e. The molecule has 0 amide bonds. The van der Waals surface area contributed by atoms with Gasteiger partial charge in [-0.3, -0.25) is 0 Å². The molecule has 3 rings (SSSR count). The molecule has 0 bridgehead atoms. The number of nitriles is 1. The number of aromatic nitrogens is 1. The zero-order valence-electron chi connectivity index (χ0n) is 9.20. The SMILES string of the molecule is N#C[C@H](O)c1ccc(-c2nc3ccccc3s2)o1. The second kappa shape index (κ2) is 4.26. The van der Waals surface area contributed by atoms with Crippen LogP contribution in [-0.4, -0.2) is 10.1 Å². The summed E-state index contributed by atoms with van der Waals surface area (Å²) in [5.41, 5.74) is 0.913. The van der Waals surface area contributed by atoms with Gasteiger partial charge in [0.1, 0.15) is 11.8 Å². The van der Waals surface area contributed by atoms with E-state index in [1.54, 1.807) is 18.2 Å². The average molecular weight is 256 g/mol. The first kappa shape index (κ1) is 11.0. The molecule has 0 aliphatic rings. The van der Waals surface area contributed by atoms with Gasteiger partial charge in [0.15, 0.2) is 16.9 Å². The second-order valence-electron chi connectivity index (χ2n) is 3.72. The van der Waals surface area contributed by atoms with Crippen LogP contribution in [0.3, 0.4) is 0 Å². The quantitative estimate of drug-likeness (QED) is 0.715. The summed E-state index contributed by atoms with van der Waals surface area (Å²) in [6.45, 7) is 0. The Morgan fingerprint density at radius 2 is 2.11 bits per heavy atom. The number of aliphatic hydroxyl groups excluding tert-OH is 1. The molecule has 0 radical (unpaired) electrons. The molecule has 0 aliphatic carbocycles. The van der Waals surface area contributed by atoms with E-state index in [4.69, 9.17) is 9.68 Å². The third-order valence-corrected chi connectivity index (χ3v) is 3.57. The first-order valence-electron chi connectivity index (χ1n) is 5.31. The Balaban J connectivity index is 2.04. The van der Waals surface area contributed by atoms with Crippen LogP contribution in [0.2, 0.25) is 0 Å². The molecule has 18 heavy (non-hydrogen) atoms. The molecule has 2 heterocycles. The highest BCUT2D eigenvalue weighted by molar-refractivity contribution is 7.21. The zero-order valence-corrected chi connectivity index (χ0v) is 10.0. The van der Waals surface area contributed by atoms with E-state index in [0.29, 0.717) is 5.76 Å². The van der Waals surface area contributed by atoms with Crippen LogP contribution in [0.25, 0.3) is 21.0 Å². The molecule has 0 aliphatic heterocycles. The van der Waals surface area contributed by atoms with Gasteiger partial charge in [0.25, 0.3) is 0 Å². The summed E-state index contributed by atoms with van der Waals surface area (Å²) >= 11 is 1.51. The lowest BCUT2D eigenvalue weighted by molar-refractivity contribution is 0.205. The fraction of sp³-hybridized carbons (Fsp3) is 0.0769. The topological polar surface area (TPSA) is 70.0 Å². The Bertz CT molecular complexity index is 706. The number of rotatable bonds is 2. The molecule has 0 saturated carbocycles. The molecule has 1 atom stereocenters. The van der Waals surface area contributed by atoms with Gasteiger partial charge in [-0.2, -0.15) is 5.26 Å². The van der Waals surface area contributed by atoms with Crippen molar-refractivity contribution in [3.63, 3.8) is 0 Å². The minimum absolute atomic E-state index is 0.242. The fourth-order valence-electron chi connectivity index (χ4n) is 1.66. The minimum atomic E-state index is -1.23. The van der Waals surface area contributed by atoms with E-state index >= 15 is 0 Å². The van der Waals surface area contributed by atoms with Crippen molar-refractivity contribution in [1.82, 2.24) is 4.98 Å². The van der Waals surface area contributed by atoms with E-state index in [2.05, 4.69) is 4.98 Å². The molecule has 5 heteroatoms. The zero-order chi connectivity index (χ0) is 12.5. The Morgan fingerprint density at radius 3 is 2.89 bits per heavy atom. The molecule has 0 saturated heterocycles. The third-order valence-electron chi connectivity index (χ3n) is 2.52. The lowest BCUT2D eigenvalue weighted by Gasteiger charge is -1.94. The van der Waals surface area contributed by atoms with Crippen LogP contribution in [0, 0.1) is 11.3 Å². The van der Waals surface area contributed by atoms with Crippen LogP contribution in [0.5, 0.6) is 0 Å². The van der Waals surface area contributed by atoms with Crippen molar-refractivity contribution < 1.29 is 9.52 Å². The third kappa shape index (κ3) is 1.78. The minimum Gasteiger partial charge on any atom is -0.455 e. The summed E-state index contributed by atoms with van der Waals surface area (Å²) in [6.07, 6.45) is -1.23. The summed E-state index contributed by atoms with van der Waals surface area (Å²) in [6, 6.07) is 12.8. The van der Waals surface area contributed by atoms with Crippen LogP contribution in [0.4, 0.5) is 0 Å². The van der Waals surface area contributed by atoms with Crippen molar-refractivity contribution in [1.29, 1.82) is 5.26 Å². The molecule has 0 fully saturated rings. The van der Waals surface area contributed by atoms with Gasteiger partial charge < -0.3 is 9.52 Å². The van der Waals surface area contributed by atoms with Crippen molar-refractivity contribution in [2.75, 3.05) is 0 Å². The van der Waals surface area contributed by atoms with Crippen molar-refractivity contribution in [3.05, 3.63) is 42.2 Å². The van der Waals surface area contributed by atoms with Crippen molar-refractivity contribution in [3.8, 4) is 16.8 Å². The highest BCUT2D eigenvalue weighted by Crippen LogP contribution is 2.32. The van der Waals surface area contributed by atoms with Gasteiger partial charge in [-0.25, -0.2) is 4.98 Å². The summed E-state index contributed by atoms with van der Waals surface area (Å²) in [5.74, 6) is 0.812. The largest absolute Gasteiger partial charge is 0.455 e. The highest BCUT2D eigenvalue weighted by atomic mass is 32.1. The van der Waals surface area contributed by atoms with Gasteiger partial charge in [0.05, 0.1) is 10.2 Å². The normalized spacial score (nSPS) is 12.4. The molecule has 0 unspecified atom stereocenters. The van der Waals surface area contributed by atoms with Crippen LogP contribution in [-0.2, 0) is 0 Å². The number of thiazole rings is 1. The summed E-state index contributed by atoms with van der Waals surface area (Å²) in [5, 5.41) is 18.7. The van der Waals surface area contributed by atoms with E-state index in [1.807, 2.05) is 24.3 Å². The Labute approximate surface area is 107 Å². The fourth-order valence-corrected chi connectivity index (χ4v) is 2.58. The molecule has 1 N–H and O–H groups in total. The van der Waals surface area contributed by atoms with Crippen molar-refractivity contribution in [2.24, 2.45) is 0 Å². The molecule has 0 spiro atoms. The van der Waals surface area contributed by atoms with Gasteiger partial charge in [0.2, 0.25) is 0 Å². The number of furan rings is 1. The van der Waals surface area contributed by atoms with Crippen molar-refractivity contribution in [2.45, 2.75) is 6.10 Å². The van der Waals surface area contributed by atoms with E-state index < -0.39 is 6.10 Å². The standard InChI is InChI=1S/C13H8N2O2S/c14-7-9(16)10-5-6-11(17-10)13-15-8-3-1-2-4-12(8)18-13/h1-6,9,16H/t9-/m0/s1. The Hall–Kier alpha value is -2.16. The first-order valence-corrected chi connectivity index (χ1v) is 6.13. The Kier molecular flexibility index (Phi) is 2.59. The molecule has 2 aromatic heterocycles. The lowest BCUT2D eigenvalue weighted by atomic mass is 10.3. The van der Waals surface area contributed by atoms with E-state index in [1.165, 1.54) is 11.3 Å². The molecule has 88 valence electrons. The maximum atomic E-state index is 9.36. The molecule has 3 aromatic rings. The monoisotopic (exact) mass is 256 g/mol. The number of fused-ring (bicyclic) bond motifs is 1. The predicted molar refractivity (Wildman–Crippen MR) is 67.9 cm³/mol. The van der Waals surface area contributed by atoms with E-state index in [0.717, 1.165) is 15.2 Å². The molecular formula is C13H8N2O2S. The van der Waals surface area contributed by atoms with Crippen molar-refractivity contribution >= 4 is 21.6 Å². The Morgan fingerprint density at radius 1 is 1.28 bits per heavy atom. The number of aliphatic hydroxyl groups is 1. The average Bonchev–Trinajstić information content (AvgIpc) is 3.03. The van der Waals surface area contributed by atoms with Gasteiger partial charge in [-0.15, -0.1) is 11.3 Å². The van der Waals surface area contributed by atoms with Crippen LogP contribution >= 0.6 is 11.3 Å². The molecule has 4 nitrogen and oxygen atoms in total. The number of benzene rings is 1.